The van der Waals surface area contributed by atoms with Gasteiger partial charge in [-0.15, -0.1) is 0 Å². The van der Waals surface area contributed by atoms with Gasteiger partial charge in [-0.3, -0.25) is 4.79 Å². The Morgan fingerprint density at radius 1 is 1.07 bits per heavy atom. The summed E-state index contributed by atoms with van der Waals surface area (Å²) in [6.45, 7) is 0. The second-order valence-electron chi connectivity index (χ2n) is 6.93. The van der Waals surface area contributed by atoms with Crippen molar-refractivity contribution in [2.24, 2.45) is 0 Å². The lowest BCUT2D eigenvalue weighted by Crippen LogP contribution is -2.50. The van der Waals surface area contributed by atoms with Gasteiger partial charge < -0.3 is 5.32 Å². The predicted molar refractivity (Wildman–Crippen MR) is 111 cm³/mol. The first-order valence-electron chi connectivity index (χ1n) is 9.17. The molecule has 1 saturated carbocycles. The normalized spacial score (nSPS) is 16.1. The Labute approximate surface area is 175 Å². The molecule has 1 aliphatic rings. The highest BCUT2D eigenvalue weighted by atomic mass is 35.5. The van der Waals surface area contributed by atoms with Crippen LogP contribution in [0.4, 0.5) is 0 Å². The summed E-state index contributed by atoms with van der Waals surface area (Å²) in [6, 6.07) is 12.6. The maximum absolute atomic E-state index is 12.9. The summed E-state index contributed by atoms with van der Waals surface area (Å²) < 4.78 is 28.3. The van der Waals surface area contributed by atoms with Crippen molar-refractivity contribution in [1.82, 2.24) is 10.0 Å². The Morgan fingerprint density at radius 2 is 1.75 bits per heavy atom. The topological polar surface area (TPSA) is 75.3 Å². The maximum Gasteiger partial charge on any atom is 0.242 e. The monoisotopic (exact) mass is 440 g/mol. The molecule has 0 spiro atoms. The molecule has 3 rings (SSSR count). The minimum Gasteiger partial charge on any atom is -0.352 e. The number of sulfonamides is 1. The van der Waals surface area contributed by atoms with Crippen molar-refractivity contribution in [1.29, 1.82) is 0 Å². The molecule has 5 nitrogen and oxygen atoms in total. The fourth-order valence-corrected chi connectivity index (χ4v) is 5.30. The van der Waals surface area contributed by atoms with Crippen LogP contribution in [0.25, 0.3) is 0 Å². The Kier molecular flexibility index (Phi) is 6.99. The van der Waals surface area contributed by atoms with Crippen LogP contribution in [0.5, 0.6) is 0 Å². The molecular weight excluding hydrogens is 419 g/mol. The molecule has 0 unspecified atom stereocenters. The Balaban J connectivity index is 1.84. The molecule has 1 amide bonds. The third-order valence-corrected chi connectivity index (χ3v) is 6.97. The minimum atomic E-state index is -4.04. The summed E-state index contributed by atoms with van der Waals surface area (Å²) in [4.78, 5) is 12.7. The molecular formula is C20H22Cl2N2O3S. The number of hydrogen-bond donors (Lipinski definition) is 2. The SMILES string of the molecule is O=C(NC1CCCC1)[C@H](Cc1ccccc1)NS(=O)(=O)c1cc(Cl)ccc1Cl. The van der Waals surface area contributed by atoms with Crippen LogP contribution >= 0.6 is 23.2 Å². The second kappa shape index (κ2) is 9.27. The lowest BCUT2D eigenvalue weighted by molar-refractivity contribution is -0.123. The summed E-state index contributed by atoms with van der Waals surface area (Å²) in [5.41, 5.74) is 0.856. The zero-order valence-corrected chi connectivity index (χ0v) is 17.5. The average Bonchev–Trinajstić information content (AvgIpc) is 3.17. The van der Waals surface area contributed by atoms with E-state index in [1.54, 1.807) is 0 Å². The highest BCUT2D eigenvalue weighted by molar-refractivity contribution is 7.89. The van der Waals surface area contributed by atoms with Crippen molar-refractivity contribution < 1.29 is 13.2 Å². The zero-order chi connectivity index (χ0) is 20.1. The number of nitrogens with one attached hydrogen (secondary N) is 2. The fourth-order valence-electron chi connectivity index (χ4n) is 3.34. The zero-order valence-electron chi connectivity index (χ0n) is 15.2. The number of halogens is 2. The summed E-state index contributed by atoms with van der Waals surface area (Å²) in [5.74, 6) is -0.336. The van der Waals surface area contributed by atoms with Crippen LogP contribution in [0.2, 0.25) is 10.0 Å². The van der Waals surface area contributed by atoms with Gasteiger partial charge in [0.2, 0.25) is 15.9 Å². The van der Waals surface area contributed by atoms with Crippen LogP contribution in [0.15, 0.2) is 53.4 Å². The molecule has 2 N–H and O–H groups in total. The lowest BCUT2D eigenvalue weighted by Gasteiger charge is -2.21. The molecule has 8 heteroatoms. The van der Waals surface area contributed by atoms with E-state index < -0.39 is 16.1 Å². The molecule has 0 aromatic heterocycles. The summed E-state index contributed by atoms with van der Waals surface area (Å²) in [7, 11) is -4.04. The van der Waals surface area contributed by atoms with Crippen molar-refractivity contribution in [3.8, 4) is 0 Å². The number of carbonyl (C=O) groups is 1. The number of amides is 1. The molecule has 2 aromatic rings. The molecule has 28 heavy (non-hydrogen) atoms. The lowest BCUT2D eigenvalue weighted by atomic mass is 10.1. The minimum absolute atomic E-state index is 0.0477. The van der Waals surface area contributed by atoms with Crippen LogP contribution in [0.3, 0.4) is 0 Å². The van der Waals surface area contributed by atoms with E-state index >= 15 is 0 Å². The maximum atomic E-state index is 12.9. The van der Waals surface area contributed by atoms with E-state index in [0.29, 0.717) is 0 Å². The predicted octanol–water partition coefficient (Wildman–Crippen LogP) is 3.94. The van der Waals surface area contributed by atoms with Gasteiger partial charge in [0.25, 0.3) is 0 Å². The van der Waals surface area contributed by atoms with Gasteiger partial charge in [0, 0.05) is 11.1 Å². The van der Waals surface area contributed by atoms with E-state index in [9.17, 15) is 13.2 Å². The summed E-state index contributed by atoms with van der Waals surface area (Å²) >= 11 is 12.0. The van der Waals surface area contributed by atoms with Crippen molar-refractivity contribution in [3.63, 3.8) is 0 Å². The van der Waals surface area contributed by atoms with E-state index in [1.165, 1.54) is 18.2 Å². The van der Waals surface area contributed by atoms with Gasteiger partial charge in [-0.05, 0) is 43.0 Å². The van der Waals surface area contributed by atoms with Crippen molar-refractivity contribution >= 4 is 39.1 Å². The molecule has 150 valence electrons. The van der Waals surface area contributed by atoms with E-state index in [2.05, 4.69) is 10.0 Å². The highest BCUT2D eigenvalue weighted by Crippen LogP contribution is 2.25. The van der Waals surface area contributed by atoms with Gasteiger partial charge in [0.1, 0.15) is 10.9 Å². The molecule has 0 aliphatic heterocycles. The molecule has 0 saturated heterocycles. The first-order valence-corrected chi connectivity index (χ1v) is 11.4. The first kappa shape index (κ1) is 21.1. The van der Waals surface area contributed by atoms with Gasteiger partial charge in [-0.1, -0.05) is 66.4 Å². The van der Waals surface area contributed by atoms with E-state index in [4.69, 9.17) is 23.2 Å². The Hall–Kier alpha value is -1.60. The summed E-state index contributed by atoms with van der Waals surface area (Å²) in [6.07, 6.45) is 4.19. The third-order valence-electron chi connectivity index (χ3n) is 4.78. The Bertz CT molecular complexity index is 930. The molecule has 1 fully saturated rings. The van der Waals surface area contributed by atoms with Gasteiger partial charge in [-0.25, -0.2) is 8.42 Å². The molecule has 0 bridgehead atoms. The van der Waals surface area contributed by atoms with Crippen LogP contribution in [-0.2, 0) is 21.2 Å². The summed E-state index contributed by atoms with van der Waals surface area (Å²) in [5, 5.41) is 3.27. The number of carbonyl (C=O) groups excluding carboxylic acids is 1. The molecule has 1 aliphatic carbocycles. The highest BCUT2D eigenvalue weighted by Gasteiger charge is 2.29. The van der Waals surface area contributed by atoms with Crippen LogP contribution in [0, 0.1) is 0 Å². The van der Waals surface area contributed by atoms with Crippen LogP contribution in [-0.4, -0.2) is 26.4 Å². The van der Waals surface area contributed by atoms with Gasteiger partial charge in [0.15, 0.2) is 0 Å². The van der Waals surface area contributed by atoms with E-state index in [-0.39, 0.29) is 33.3 Å². The fraction of sp³-hybridized carbons (Fsp3) is 0.350. The van der Waals surface area contributed by atoms with Crippen molar-refractivity contribution in [2.75, 3.05) is 0 Å². The standard InChI is InChI=1S/C20H22Cl2N2O3S/c21-15-10-11-17(22)19(13-15)28(26,27)24-18(12-14-6-2-1-3-7-14)20(25)23-16-8-4-5-9-16/h1-3,6-7,10-11,13,16,18,24H,4-5,8-9,12H2,(H,23,25)/t18-/m0/s1. The first-order chi connectivity index (χ1) is 13.3. The molecule has 0 radical (unpaired) electrons. The van der Waals surface area contributed by atoms with Crippen molar-refractivity contribution in [2.45, 2.75) is 49.1 Å². The van der Waals surface area contributed by atoms with Crippen LogP contribution in [0.1, 0.15) is 31.2 Å². The quantitative estimate of drug-likeness (QED) is 0.684. The average molecular weight is 441 g/mol. The molecule has 2 aromatic carbocycles. The van der Waals surface area contributed by atoms with E-state index in [0.717, 1.165) is 31.2 Å². The van der Waals surface area contributed by atoms with Gasteiger partial charge in [-0.2, -0.15) is 4.72 Å². The van der Waals surface area contributed by atoms with Gasteiger partial charge >= 0.3 is 0 Å². The largest absolute Gasteiger partial charge is 0.352 e. The molecule has 0 heterocycles. The van der Waals surface area contributed by atoms with Gasteiger partial charge in [0.05, 0.1) is 5.02 Å². The number of rotatable bonds is 7. The second-order valence-corrected chi connectivity index (χ2v) is 9.45. The molecule has 1 atom stereocenters. The van der Waals surface area contributed by atoms with Crippen LogP contribution < -0.4 is 10.0 Å². The van der Waals surface area contributed by atoms with Crippen molar-refractivity contribution in [3.05, 3.63) is 64.1 Å². The number of benzene rings is 2. The smallest absolute Gasteiger partial charge is 0.242 e. The Morgan fingerprint density at radius 3 is 2.43 bits per heavy atom. The third kappa shape index (κ3) is 5.47. The van der Waals surface area contributed by atoms with E-state index in [1.807, 2.05) is 30.3 Å². The number of hydrogen-bond acceptors (Lipinski definition) is 3.